The third-order valence-corrected chi connectivity index (χ3v) is 4.52. The summed E-state index contributed by atoms with van der Waals surface area (Å²) in [6.07, 6.45) is 0.764. The summed E-state index contributed by atoms with van der Waals surface area (Å²) < 4.78 is 0. The molecule has 0 saturated carbocycles. The molecule has 0 amide bonds. The molecular weight excluding hydrogens is 196 g/mol. The zero-order valence-corrected chi connectivity index (χ0v) is 11.0. The fourth-order valence-electron chi connectivity index (χ4n) is 2.79. The first-order valence-corrected chi connectivity index (χ1v) is 6.11. The number of benzene rings is 1. The predicted molar refractivity (Wildman–Crippen MR) is 67.5 cm³/mol. The van der Waals surface area contributed by atoms with Gasteiger partial charge in [-0.25, -0.2) is 0 Å². The molecule has 0 radical (unpaired) electrons. The minimum absolute atomic E-state index is 0.189. The molecule has 0 saturated heterocycles. The van der Waals surface area contributed by atoms with E-state index in [0.717, 1.165) is 6.42 Å². The summed E-state index contributed by atoms with van der Waals surface area (Å²) in [6.45, 7) is 10.9. The number of aryl methyl sites for hydroxylation is 1. The zero-order chi connectivity index (χ0) is 12.1. The topological polar surface area (TPSA) is 20.2 Å². The third kappa shape index (κ3) is 1.58. The summed E-state index contributed by atoms with van der Waals surface area (Å²) in [7, 11) is 0. The van der Waals surface area contributed by atoms with Crippen LogP contribution in [0.15, 0.2) is 12.1 Å². The van der Waals surface area contributed by atoms with E-state index in [1.165, 1.54) is 22.3 Å². The summed E-state index contributed by atoms with van der Waals surface area (Å²) in [5.41, 5.74) is 5.26. The van der Waals surface area contributed by atoms with Crippen molar-refractivity contribution in [3.8, 4) is 0 Å². The molecule has 0 aliphatic heterocycles. The normalized spacial score (nSPS) is 27.6. The van der Waals surface area contributed by atoms with Gasteiger partial charge in [0.15, 0.2) is 0 Å². The van der Waals surface area contributed by atoms with Crippen molar-refractivity contribution in [1.29, 1.82) is 0 Å². The van der Waals surface area contributed by atoms with Crippen molar-refractivity contribution in [3.05, 3.63) is 34.4 Å². The maximum absolute atomic E-state index is 10.5. The summed E-state index contributed by atoms with van der Waals surface area (Å²) >= 11 is 0. The van der Waals surface area contributed by atoms with E-state index in [4.69, 9.17) is 0 Å². The van der Waals surface area contributed by atoms with Crippen molar-refractivity contribution in [1.82, 2.24) is 0 Å². The van der Waals surface area contributed by atoms with Gasteiger partial charge in [-0.1, -0.05) is 32.9 Å². The minimum Gasteiger partial charge on any atom is -0.388 e. The predicted octanol–water partition coefficient (Wildman–Crippen LogP) is 3.56. The molecule has 2 atom stereocenters. The molecule has 0 aromatic heterocycles. The Morgan fingerprint density at radius 2 is 1.88 bits per heavy atom. The SMILES string of the molecule is Cc1ccc2c(c1C)C(O)C(C)C(C)(C)C2. The highest BCUT2D eigenvalue weighted by Crippen LogP contribution is 2.46. The molecular formula is C15H22O. The van der Waals surface area contributed by atoms with Gasteiger partial charge in [-0.2, -0.15) is 0 Å². The Labute approximate surface area is 98.5 Å². The van der Waals surface area contributed by atoms with Crippen LogP contribution >= 0.6 is 0 Å². The van der Waals surface area contributed by atoms with Gasteiger partial charge < -0.3 is 5.11 Å². The lowest BCUT2D eigenvalue weighted by atomic mass is 9.65. The molecule has 2 rings (SSSR count). The molecule has 1 aromatic rings. The molecule has 1 nitrogen and oxygen atoms in total. The highest BCUT2D eigenvalue weighted by atomic mass is 16.3. The van der Waals surface area contributed by atoms with Gasteiger partial charge in [-0.15, -0.1) is 0 Å². The Morgan fingerprint density at radius 3 is 2.50 bits per heavy atom. The number of rotatable bonds is 0. The molecule has 16 heavy (non-hydrogen) atoms. The fraction of sp³-hybridized carbons (Fsp3) is 0.600. The lowest BCUT2D eigenvalue weighted by Crippen LogP contribution is -2.35. The van der Waals surface area contributed by atoms with Crippen LogP contribution < -0.4 is 0 Å². The van der Waals surface area contributed by atoms with Crippen molar-refractivity contribution in [3.63, 3.8) is 0 Å². The fourth-order valence-corrected chi connectivity index (χ4v) is 2.79. The highest BCUT2D eigenvalue weighted by Gasteiger charge is 2.38. The number of aliphatic hydroxyl groups is 1. The third-order valence-electron chi connectivity index (χ3n) is 4.52. The maximum atomic E-state index is 10.5. The molecule has 0 heterocycles. The standard InChI is InChI=1S/C15H22O/c1-9-6-7-12-8-15(4,5)11(3)14(16)13(12)10(9)2/h6-7,11,14,16H,8H2,1-5H3. The Balaban J connectivity index is 2.60. The Hall–Kier alpha value is -0.820. The van der Waals surface area contributed by atoms with Crippen molar-refractivity contribution >= 4 is 0 Å². The molecule has 0 fully saturated rings. The summed E-state index contributed by atoms with van der Waals surface area (Å²) in [6, 6.07) is 4.36. The van der Waals surface area contributed by atoms with E-state index in [1.54, 1.807) is 0 Å². The van der Waals surface area contributed by atoms with E-state index in [9.17, 15) is 5.11 Å². The number of hydrogen-bond acceptors (Lipinski definition) is 1. The number of hydrogen-bond donors (Lipinski definition) is 1. The van der Waals surface area contributed by atoms with Gasteiger partial charge in [0.25, 0.3) is 0 Å². The van der Waals surface area contributed by atoms with Crippen LogP contribution in [0.5, 0.6) is 0 Å². The monoisotopic (exact) mass is 218 g/mol. The highest BCUT2D eigenvalue weighted by molar-refractivity contribution is 5.43. The number of fused-ring (bicyclic) bond motifs is 1. The molecule has 0 spiro atoms. The lowest BCUT2D eigenvalue weighted by molar-refractivity contribution is 0.0301. The molecule has 0 bridgehead atoms. The van der Waals surface area contributed by atoms with Gasteiger partial charge >= 0.3 is 0 Å². The number of aliphatic hydroxyl groups excluding tert-OH is 1. The molecule has 2 unspecified atom stereocenters. The Kier molecular flexibility index (Phi) is 2.62. The van der Waals surface area contributed by atoms with Gasteiger partial charge in [0.1, 0.15) is 0 Å². The Bertz CT molecular complexity index is 418. The molecule has 1 heteroatoms. The van der Waals surface area contributed by atoms with Gasteiger partial charge in [0.2, 0.25) is 0 Å². The van der Waals surface area contributed by atoms with Crippen LogP contribution in [-0.4, -0.2) is 5.11 Å². The molecule has 1 aliphatic carbocycles. The quantitative estimate of drug-likeness (QED) is 0.706. The summed E-state index contributed by atoms with van der Waals surface area (Å²) in [4.78, 5) is 0. The van der Waals surface area contributed by atoms with Gasteiger partial charge in [-0.05, 0) is 53.9 Å². The Morgan fingerprint density at radius 1 is 1.25 bits per heavy atom. The first-order chi connectivity index (χ1) is 7.34. The van der Waals surface area contributed by atoms with E-state index < -0.39 is 0 Å². The second-order valence-corrected chi connectivity index (χ2v) is 5.98. The average molecular weight is 218 g/mol. The largest absolute Gasteiger partial charge is 0.388 e. The second-order valence-electron chi connectivity index (χ2n) is 5.98. The van der Waals surface area contributed by atoms with Crippen LogP contribution in [0.2, 0.25) is 0 Å². The van der Waals surface area contributed by atoms with Gasteiger partial charge in [0.05, 0.1) is 6.10 Å². The van der Waals surface area contributed by atoms with E-state index in [1.807, 2.05) is 0 Å². The maximum Gasteiger partial charge on any atom is 0.0826 e. The first kappa shape index (κ1) is 11.7. The van der Waals surface area contributed by atoms with Crippen LogP contribution in [-0.2, 0) is 6.42 Å². The van der Waals surface area contributed by atoms with E-state index in [2.05, 4.69) is 46.8 Å². The van der Waals surface area contributed by atoms with Crippen LogP contribution in [0.4, 0.5) is 0 Å². The van der Waals surface area contributed by atoms with Crippen molar-refractivity contribution in [2.75, 3.05) is 0 Å². The summed E-state index contributed by atoms with van der Waals surface area (Å²) in [5.74, 6) is 0.320. The first-order valence-electron chi connectivity index (χ1n) is 6.11. The van der Waals surface area contributed by atoms with Crippen molar-refractivity contribution < 1.29 is 5.11 Å². The van der Waals surface area contributed by atoms with Crippen LogP contribution in [0.1, 0.15) is 49.1 Å². The van der Waals surface area contributed by atoms with Crippen molar-refractivity contribution in [2.45, 2.75) is 47.1 Å². The van der Waals surface area contributed by atoms with Gasteiger partial charge in [0, 0.05) is 0 Å². The van der Waals surface area contributed by atoms with E-state index in [-0.39, 0.29) is 11.5 Å². The van der Waals surface area contributed by atoms with Gasteiger partial charge in [-0.3, -0.25) is 0 Å². The van der Waals surface area contributed by atoms with Crippen LogP contribution in [0.25, 0.3) is 0 Å². The summed E-state index contributed by atoms with van der Waals surface area (Å²) in [5, 5.41) is 10.5. The molecule has 1 aliphatic rings. The van der Waals surface area contributed by atoms with Crippen LogP contribution in [0, 0.1) is 25.2 Å². The molecule has 1 N–H and O–H groups in total. The smallest absolute Gasteiger partial charge is 0.0826 e. The second kappa shape index (κ2) is 3.59. The van der Waals surface area contributed by atoms with Crippen LogP contribution in [0.3, 0.4) is 0 Å². The van der Waals surface area contributed by atoms with E-state index >= 15 is 0 Å². The zero-order valence-electron chi connectivity index (χ0n) is 11.0. The molecule has 88 valence electrons. The lowest BCUT2D eigenvalue weighted by Gasteiger charge is -2.42. The van der Waals surface area contributed by atoms with E-state index in [0.29, 0.717) is 5.92 Å². The molecule has 1 aromatic carbocycles. The average Bonchev–Trinajstić information content (AvgIpc) is 2.20. The minimum atomic E-state index is -0.307. The van der Waals surface area contributed by atoms with Crippen molar-refractivity contribution in [2.24, 2.45) is 11.3 Å².